The van der Waals surface area contributed by atoms with Gasteiger partial charge in [0.25, 0.3) is 16.3 Å². The van der Waals surface area contributed by atoms with Gasteiger partial charge in [0.15, 0.2) is 5.78 Å². The number of aliphatic hydroxyl groups excluding tert-OH is 1. The second-order valence-electron chi connectivity index (χ2n) is 5.45. The summed E-state index contributed by atoms with van der Waals surface area (Å²) in [5.41, 5.74) is 0.297. The van der Waals surface area contributed by atoms with Crippen molar-refractivity contribution >= 4 is 26.8 Å². The molecule has 1 aromatic rings. The minimum absolute atomic E-state index is 0.0805. The van der Waals surface area contributed by atoms with Gasteiger partial charge < -0.3 is 20.0 Å². The SMILES string of the molecule is CC(=O)c1ccc2c(c1)[C@H](N[C](=O)[Al])[C@H](O)C(C)(C)O2. The van der Waals surface area contributed by atoms with Gasteiger partial charge in [0.2, 0.25) is 0 Å². The lowest BCUT2D eigenvalue weighted by molar-refractivity contribution is -0.0616. The van der Waals surface area contributed by atoms with Gasteiger partial charge >= 0.3 is 0 Å². The standard InChI is InChI=1S/C14H16NO4.Al/c1-8(17)9-4-5-11-10(6-9)12(15-7-16)13(18)14(2,3)19-11;/h4-6,12-13,18H,1-3H3,(H,15,16);/t12-,13-;/m0./s1. The molecule has 104 valence electrons. The number of rotatable bonds is 2. The zero-order chi connectivity index (χ0) is 15.1. The lowest BCUT2D eigenvalue weighted by Gasteiger charge is -2.42. The van der Waals surface area contributed by atoms with Crippen molar-refractivity contribution in [2.75, 3.05) is 0 Å². The van der Waals surface area contributed by atoms with Gasteiger partial charge in [-0.3, -0.25) is 4.79 Å². The van der Waals surface area contributed by atoms with Crippen LogP contribution >= 0.6 is 0 Å². The molecule has 1 amide bonds. The van der Waals surface area contributed by atoms with Gasteiger partial charge in [-0.1, -0.05) is 0 Å². The van der Waals surface area contributed by atoms with Crippen molar-refractivity contribution in [3.63, 3.8) is 0 Å². The molecule has 0 aliphatic carbocycles. The van der Waals surface area contributed by atoms with Crippen LogP contribution in [0.4, 0.5) is 4.79 Å². The van der Waals surface area contributed by atoms with Crippen molar-refractivity contribution in [3.05, 3.63) is 29.3 Å². The normalized spacial score (nSPS) is 23.4. The highest BCUT2D eigenvalue weighted by Crippen LogP contribution is 2.40. The Labute approximate surface area is 125 Å². The van der Waals surface area contributed by atoms with E-state index in [0.717, 1.165) is 0 Å². The number of ether oxygens (including phenoxy) is 1. The highest BCUT2D eigenvalue weighted by Gasteiger charge is 2.43. The first-order valence-electron chi connectivity index (χ1n) is 6.30. The number of amides is 1. The zero-order valence-electron chi connectivity index (χ0n) is 11.6. The molecule has 0 spiro atoms. The number of ketones is 1. The first-order valence-corrected chi connectivity index (χ1v) is 6.88. The Morgan fingerprint density at radius 3 is 2.60 bits per heavy atom. The Hall–Kier alpha value is -1.35. The van der Waals surface area contributed by atoms with Crippen LogP contribution in [0.5, 0.6) is 5.75 Å². The smallest absolute Gasteiger partial charge is 0.281 e. The third kappa shape index (κ3) is 2.73. The Bertz CT molecular complexity index is 570. The maximum absolute atomic E-state index is 11.5. The number of nitrogens with one attached hydrogen (secondary N) is 1. The van der Waals surface area contributed by atoms with Gasteiger partial charge in [0, 0.05) is 11.1 Å². The first kappa shape index (κ1) is 15.0. The highest BCUT2D eigenvalue weighted by atomic mass is 27.0. The largest absolute Gasteiger partial charge is 0.485 e. The average Bonchev–Trinajstić information content (AvgIpc) is 2.33. The third-order valence-corrected chi connectivity index (χ3v) is 3.62. The lowest BCUT2D eigenvalue weighted by atomic mass is 9.86. The summed E-state index contributed by atoms with van der Waals surface area (Å²) >= 11 is 2.02. The van der Waals surface area contributed by atoms with Crippen LogP contribution < -0.4 is 10.1 Å². The zero-order valence-corrected chi connectivity index (χ0v) is 12.8. The van der Waals surface area contributed by atoms with E-state index in [1.807, 2.05) is 16.3 Å². The summed E-state index contributed by atoms with van der Waals surface area (Å²) in [6.07, 6.45) is -0.915. The van der Waals surface area contributed by atoms with Crippen molar-refractivity contribution in [1.82, 2.24) is 5.32 Å². The highest BCUT2D eigenvalue weighted by molar-refractivity contribution is 6.57. The Morgan fingerprint density at radius 1 is 1.40 bits per heavy atom. The number of aliphatic hydroxyl groups is 1. The molecule has 0 saturated carbocycles. The Kier molecular flexibility index (Phi) is 3.92. The quantitative estimate of drug-likeness (QED) is 0.636. The van der Waals surface area contributed by atoms with Crippen molar-refractivity contribution in [1.29, 1.82) is 0 Å². The summed E-state index contributed by atoms with van der Waals surface area (Å²) < 4.78 is 5.43. The average molecular weight is 289 g/mol. The maximum atomic E-state index is 11.5. The number of carbonyl (C=O) groups excluding carboxylic acids is 2. The molecule has 0 bridgehead atoms. The summed E-state index contributed by atoms with van der Waals surface area (Å²) in [6.45, 7) is 4.97. The Balaban J connectivity index is 2.53. The lowest BCUT2D eigenvalue weighted by Crippen LogP contribution is -2.53. The molecule has 1 aliphatic heterocycles. The fourth-order valence-electron chi connectivity index (χ4n) is 2.33. The number of hydrogen-bond donors (Lipinski definition) is 2. The molecule has 0 aromatic heterocycles. The topological polar surface area (TPSA) is 75.6 Å². The van der Waals surface area contributed by atoms with Crippen LogP contribution in [0.1, 0.15) is 42.7 Å². The third-order valence-electron chi connectivity index (χ3n) is 3.45. The van der Waals surface area contributed by atoms with Gasteiger partial charge in [-0.2, -0.15) is 0 Å². The van der Waals surface area contributed by atoms with Crippen LogP contribution in [0.3, 0.4) is 0 Å². The van der Waals surface area contributed by atoms with Crippen molar-refractivity contribution in [2.45, 2.75) is 38.5 Å². The summed E-state index contributed by atoms with van der Waals surface area (Å²) in [7, 11) is 0. The minimum Gasteiger partial charge on any atom is -0.485 e. The van der Waals surface area contributed by atoms with E-state index in [-0.39, 0.29) is 10.6 Å². The fraction of sp³-hybridized carbons (Fsp3) is 0.429. The van der Waals surface area contributed by atoms with Crippen LogP contribution in [0.15, 0.2) is 18.2 Å². The van der Waals surface area contributed by atoms with Crippen LogP contribution in [0.25, 0.3) is 0 Å². The van der Waals surface area contributed by atoms with E-state index in [1.165, 1.54) is 6.92 Å². The van der Waals surface area contributed by atoms with Crippen LogP contribution in [-0.4, -0.2) is 43.7 Å². The second-order valence-corrected chi connectivity index (χ2v) is 5.97. The van der Waals surface area contributed by atoms with Crippen LogP contribution in [-0.2, 0) is 0 Å². The molecular weight excluding hydrogens is 273 g/mol. The van der Waals surface area contributed by atoms with Crippen molar-refractivity contribution in [2.24, 2.45) is 0 Å². The molecule has 1 heterocycles. The van der Waals surface area contributed by atoms with Gasteiger partial charge in [-0.25, -0.2) is 0 Å². The first-order chi connectivity index (χ1) is 9.22. The number of Topliss-reactive ketones (excluding diaryl/α,β-unsaturated/α-hetero) is 1. The van der Waals surface area contributed by atoms with Crippen LogP contribution in [0.2, 0.25) is 0 Å². The number of fused-ring (bicyclic) bond motifs is 1. The number of hydrogen-bond acceptors (Lipinski definition) is 4. The van der Waals surface area contributed by atoms with Crippen LogP contribution in [0, 0.1) is 0 Å². The molecule has 2 N–H and O–H groups in total. The molecule has 0 saturated heterocycles. The molecule has 0 unspecified atom stereocenters. The van der Waals surface area contributed by atoms with E-state index >= 15 is 0 Å². The summed E-state index contributed by atoms with van der Waals surface area (Å²) in [5, 5.41) is 13.1. The second kappa shape index (κ2) is 5.21. The van der Waals surface area contributed by atoms with E-state index in [9.17, 15) is 14.7 Å². The predicted molar refractivity (Wildman–Crippen MR) is 74.2 cm³/mol. The fourth-order valence-corrected chi connectivity index (χ4v) is 2.51. The van der Waals surface area contributed by atoms with E-state index in [2.05, 4.69) is 5.32 Å². The van der Waals surface area contributed by atoms with Gasteiger partial charge in [0.1, 0.15) is 17.5 Å². The molecule has 0 fully saturated rings. The molecule has 1 aromatic carbocycles. The minimum atomic E-state index is -0.915. The van der Waals surface area contributed by atoms with Gasteiger partial charge in [-0.15, -0.1) is 0 Å². The summed E-state index contributed by atoms with van der Waals surface area (Å²) in [6, 6.07) is 4.41. The van der Waals surface area contributed by atoms with Crippen molar-refractivity contribution in [3.8, 4) is 5.75 Å². The van der Waals surface area contributed by atoms with E-state index < -0.39 is 17.7 Å². The molecule has 6 heteroatoms. The van der Waals surface area contributed by atoms with Gasteiger partial charge in [0.05, 0.1) is 10.8 Å². The molecule has 2 atom stereocenters. The number of benzene rings is 1. The molecule has 20 heavy (non-hydrogen) atoms. The predicted octanol–water partition coefficient (Wildman–Crippen LogP) is 1.34. The summed E-state index contributed by atoms with van der Waals surface area (Å²) in [4.78, 5) is 22.8. The maximum Gasteiger partial charge on any atom is 0.281 e. The number of carbonyl (C=O) groups is 2. The van der Waals surface area contributed by atoms with E-state index in [0.29, 0.717) is 16.9 Å². The molecule has 2 radical (unpaired) electrons. The Morgan fingerprint density at radius 2 is 2.05 bits per heavy atom. The van der Waals surface area contributed by atoms with E-state index in [1.54, 1.807) is 32.0 Å². The van der Waals surface area contributed by atoms with Gasteiger partial charge in [-0.05, 0) is 39.0 Å². The molecule has 5 nitrogen and oxygen atoms in total. The molecule has 1 aliphatic rings. The van der Waals surface area contributed by atoms with E-state index in [4.69, 9.17) is 4.74 Å². The molecule has 2 rings (SSSR count). The molecular formula is C14H16AlNO4. The summed E-state index contributed by atoms with van der Waals surface area (Å²) in [5.74, 6) is 0.483. The monoisotopic (exact) mass is 289 g/mol. The van der Waals surface area contributed by atoms with Crippen molar-refractivity contribution < 1.29 is 19.4 Å².